The maximum absolute atomic E-state index is 2.42. The topological polar surface area (TPSA) is 3.24 Å². The second-order valence-electron chi connectivity index (χ2n) is 13.7. The average molecular weight is 674 g/mol. The molecule has 0 aliphatic carbocycles. The quantitative estimate of drug-likeness (QED) is 0.159. The van der Waals surface area contributed by atoms with E-state index in [-0.39, 0.29) is 0 Å². The SMILES string of the molecule is c1ccc(-c2c(-c3ccccc3)c3cc(-c4ccccc4N(c4ccc5ccccc5c4)c4ccc5ccccc5c4)ccc3c3ccccc23)cc1. The fourth-order valence-electron chi connectivity index (χ4n) is 8.14. The van der Waals surface area contributed by atoms with Crippen LogP contribution in [0.25, 0.3) is 76.5 Å². The molecule has 10 rings (SSSR count). The molecule has 0 aliphatic rings. The van der Waals surface area contributed by atoms with E-state index in [2.05, 4.69) is 217 Å². The van der Waals surface area contributed by atoms with Crippen LogP contribution < -0.4 is 4.90 Å². The van der Waals surface area contributed by atoms with Crippen molar-refractivity contribution >= 4 is 60.2 Å². The van der Waals surface area contributed by atoms with Crippen LogP contribution in [0.4, 0.5) is 17.1 Å². The van der Waals surface area contributed by atoms with Crippen LogP contribution in [0.3, 0.4) is 0 Å². The molecule has 0 unspecified atom stereocenters. The standard InChI is InChI=1S/C52H35N/c1-3-17-38(18-4-1)51-48-25-12-11-24-46(48)47-32-29-42(35-49(47)52(51)39-19-5-2-6-20-39)45-23-13-14-26-50(45)53(43-30-27-36-15-7-9-21-40(36)33-43)44-31-28-37-16-8-10-22-41(37)34-44/h1-35H. The van der Waals surface area contributed by atoms with Gasteiger partial charge < -0.3 is 4.90 Å². The van der Waals surface area contributed by atoms with Crippen molar-refractivity contribution in [2.75, 3.05) is 4.90 Å². The molecule has 0 aliphatic heterocycles. The van der Waals surface area contributed by atoms with Crippen LogP contribution in [0.1, 0.15) is 0 Å². The molecule has 0 fully saturated rings. The molecular formula is C52H35N. The number of para-hydroxylation sites is 1. The van der Waals surface area contributed by atoms with Crippen LogP contribution in [0, 0.1) is 0 Å². The van der Waals surface area contributed by atoms with Gasteiger partial charge in [-0.2, -0.15) is 0 Å². The summed E-state index contributed by atoms with van der Waals surface area (Å²) < 4.78 is 0. The highest BCUT2D eigenvalue weighted by atomic mass is 15.1. The molecule has 53 heavy (non-hydrogen) atoms. The molecule has 1 heteroatoms. The molecule has 0 atom stereocenters. The summed E-state index contributed by atoms with van der Waals surface area (Å²) in [5.74, 6) is 0. The molecular weight excluding hydrogens is 639 g/mol. The number of hydrogen-bond acceptors (Lipinski definition) is 1. The van der Waals surface area contributed by atoms with Crippen molar-refractivity contribution in [1.82, 2.24) is 0 Å². The Balaban J connectivity index is 1.25. The van der Waals surface area contributed by atoms with Crippen LogP contribution in [0.2, 0.25) is 0 Å². The molecule has 0 aromatic heterocycles. The van der Waals surface area contributed by atoms with Crippen molar-refractivity contribution < 1.29 is 0 Å². The average Bonchev–Trinajstić information content (AvgIpc) is 3.24. The Morgan fingerprint density at radius 2 is 0.736 bits per heavy atom. The lowest BCUT2D eigenvalue weighted by Crippen LogP contribution is -2.11. The van der Waals surface area contributed by atoms with Gasteiger partial charge in [-0.05, 0) is 107 Å². The first-order chi connectivity index (χ1) is 26.3. The van der Waals surface area contributed by atoms with E-state index in [9.17, 15) is 0 Å². The van der Waals surface area contributed by atoms with Gasteiger partial charge in [0, 0.05) is 16.9 Å². The maximum Gasteiger partial charge on any atom is 0.0540 e. The van der Waals surface area contributed by atoms with Crippen molar-refractivity contribution in [1.29, 1.82) is 0 Å². The Morgan fingerprint density at radius 1 is 0.264 bits per heavy atom. The Labute approximate surface area is 309 Å². The van der Waals surface area contributed by atoms with Gasteiger partial charge in [0.1, 0.15) is 0 Å². The lowest BCUT2D eigenvalue weighted by molar-refractivity contribution is 1.29. The van der Waals surface area contributed by atoms with Crippen LogP contribution in [-0.2, 0) is 0 Å². The molecule has 0 amide bonds. The Hall–Kier alpha value is -6.96. The van der Waals surface area contributed by atoms with Gasteiger partial charge in [0.2, 0.25) is 0 Å². The second kappa shape index (κ2) is 13.0. The Bertz CT molecular complexity index is 2860. The van der Waals surface area contributed by atoms with Crippen molar-refractivity contribution in [2.45, 2.75) is 0 Å². The third-order valence-corrected chi connectivity index (χ3v) is 10.6. The van der Waals surface area contributed by atoms with Crippen molar-refractivity contribution in [2.24, 2.45) is 0 Å². The van der Waals surface area contributed by atoms with E-state index >= 15 is 0 Å². The van der Waals surface area contributed by atoms with Gasteiger partial charge in [0.15, 0.2) is 0 Å². The molecule has 0 heterocycles. The monoisotopic (exact) mass is 673 g/mol. The second-order valence-corrected chi connectivity index (χ2v) is 13.7. The fourth-order valence-corrected chi connectivity index (χ4v) is 8.14. The van der Waals surface area contributed by atoms with Gasteiger partial charge >= 0.3 is 0 Å². The summed E-state index contributed by atoms with van der Waals surface area (Å²) in [5, 5.41) is 9.90. The lowest BCUT2D eigenvalue weighted by Gasteiger charge is -2.28. The number of nitrogens with zero attached hydrogens (tertiary/aromatic N) is 1. The molecule has 0 radical (unpaired) electrons. The molecule has 10 aromatic rings. The molecule has 0 spiro atoms. The van der Waals surface area contributed by atoms with E-state index < -0.39 is 0 Å². The van der Waals surface area contributed by atoms with Crippen LogP contribution in [0.15, 0.2) is 212 Å². The zero-order chi connectivity index (χ0) is 35.1. The van der Waals surface area contributed by atoms with Gasteiger partial charge in [-0.15, -0.1) is 0 Å². The summed E-state index contributed by atoms with van der Waals surface area (Å²) in [7, 11) is 0. The normalized spacial score (nSPS) is 11.4. The smallest absolute Gasteiger partial charge is 0.0540 e. The zero-order valence-electron chi connectivity index (χ0n) is 29.2. The van der Waals surface area contributed by atoms with Crippen LogP contribution >= 0.6 is 0 Å². The highest BCUT2D eigenvalue weighted by Crippen LogP contribution is 2.47. The summed E-state index contributed by atoms with van der Waals surface area (Å²) in [6.07, 6.45) is 0. The minimum Gasteiger partial charge on any atom is -0.310 e. The zero-order valence-corrected chi connectivity index (χ0v) is 29.2. The predicted molar refractivity (Wildman–Crippen MR) is 227 cm³/mol. The number of benzene rings is 10. The molecule has 10 aromatic carbocycles. The number of hydrogen-bond donors (Lipinski definition) is 0. The highest BCUT2D eigenvalue weighted by molar-refractivity contribution is 6.22. The van der Waals surface area contributed by atoms with E-state index in [1.807, 2.05) is 0 Å². The molecule has 0 bridgehead atoms. The van der Waals surface area contributed by atoms with E-state index in [0.717, 1.165) is 17.1 Å². The van der Waals surface area contributed by atoms with Gasteiger partial charge in [0.25, 0.3) is 0 Å². The summed E-state index contributed by atoms with van der Waals surface area (Å²) in [4.78, 5) is 2.42. The molecule has 0 saturated heterocycles. The summed E-state index contributed by atoms with van der Waals surface area (Å²) in [5.41, 5.74) is 10.7. The molecule has 0 N–H and O–H groups in total. The largest absolute Gasteiger partial charge is 0.310 e. The maximum atomic E-state index is 2.42. The predicted octanol–water partition coefficient (Wildman–Crippen LogP) is 14.8. The first-order valence-corrected chi connectivity index (χ1v) is 18.3. The van der Waals surface area contributed by atoms with Gasteiger partial charge in [0.05, 0.1) is 5.69 Å². The van der Waals surface area contributed by atoms with E-state index in [1.54, 1.807) is 0 Å². The Kier molecular flexibility index (Phi) is 7.55. The Morgan fingerprint density at radius 3 is 1.36 bits per heavy atom. The van der Waals surface area contributed by atoms with Gasteiger partial charge in [-0.25, -0.2) is 0 Å². The van der Waals surface area contributed by atoms with Crippen molar-refractivity contribution in [3.8, 4) is 33.4 Å². The fraction of sp³-hybridized carbons (Fsp3) is 0. The first-order valence-electron chi connectivity index (χ1n) is 18.3. The highest BCUT2D eigenvalue weighted by Gasteiger charge is 2.21. The summed E-state index contributed by atoms with van der Waals surface area (Å²) in [6.45, 7) is 0. The van der Waals surface area contributed by atoms with Gasteiger partial charge in [-0.1, -0.05) is 176 Å². The number of fused-ring (bicyclic) bond motifs is 5. The minimum atomic E-state index is 1.12. The van der Waals surface area contributed by atoms with E-state index in [4.69, 9.17) is 0 Å². The van der Waals surface area contributed by atoms with Crippen molar-refractivity contribution in [3.05, 3.63) is 212 Å². The van der Waals surface area contributed by atoms with Crippen LogP contribution in [-0.4, -0.2) is 0 Å². The molecule has 248 valence electrons. The molecule has 1 nitrogen and oxygen atoms in total. The van der Waals surface area contributed by atoms with Crippen LogP contribution in [0.5, 0.6) is 0 Å². The minimum absolute atomic E-state index is 1.12. The first kappa shape index (κ1) is 30.8. The number of anilines is 3. The van der Waals surface area contributed by atoms with Gasteiger partial charge in [-0.3, -0.25) is 0 Å². The lowest BCUT2D eigenvalue weighted by atomic mass is 9.84. The third kappa shape index (κ3) is 5.42. The number of rotatable bonds is 6. The third-order valence-electron chi connectivity index (χ3n) is 10.6. The van der Waals surface area contributed by atoms with E-state index in [1.165, 1.54) is 76.5 Å². The summed E-state index contributed by atoms with van der Waals surface area (Å²) in [6, 6.07) is 77.4. The van der Waals surface area contributed by atoms with E-state index in [0.29, 0.717) is 0 Å². The summed E-state index contributed by atoms with van der Waals surface area (Å²) >= 11 is 0. The van der Waals surface area contributed by atoms with Crippen molar-refractivity contribution in [3.63, 3.8) is 0 Å². The molecule has 0 saturated carbocycles.